The Hall–Kier alpha value is -2.30. The van der Waals surface area contributed by atoms with Crippen molar-refractivity contribution in [2.24, 2.45) is 4.99 Å². The molecular weight excluding hydrogens is 450 g/mol. The largest absolute Gasteiger partial charge is 0.490 e. The number of ether oxygens (including phenoxy) is 2. The van der Waals surface area contributed by atoms with E-state index in [1.165, 1.54) is 11.1 Å². The molecule has 0 amide bonds. The van der Waals surface area contributed by atoms with Gasteiger partial charge in [0.1, 0.15) is 6.61 Å². The number of halogens is 2. The van der Waals surface area contributed by atoms with Gasteiger partial charge < -0.3 is 9.47 Å². The first-order valence-electron chi connectivity index (χ1n) is 9.41. The van der Waals surface area contributed by atoms with Gasteiger partial charge in [0.05, 0.1) is 16.8 Å². The Labute approximate surface area is 185 Å². The molecule has 29 heavy (non-hydrogen) atoms. The number of hydrogen-bond donors (Lipinski definition) is 0. The lowest BCUT2D eigenvalue weighted by Crippen LogP contribution is -2.02. The Morgan fingerprint density at radius 1 is 1.00 bits per heavy atom. The van der Waals surface area contributed by atoms with Gasteiger partial charge in [-0.2, -0.15) is 0 Å². The van der Waals surface area contributed by atoms with E-state index in [0.717, 1.165) is 21.3 Å². The fourth-order valence-electron chi connectivity index (χ4n) is 2.79. The third kappa shape index (κ3) is 5.62. The summed E-state index contributed by atoms with van der Waals surface area (Å²) in [6, 6.07) is 17.7. The van der Waals surface area contributed by atoms with Crippen LogP contribution >= 0.6 is 27.5 Å². The average molecular weight is 473 g/mol. The summed E-state index contributed by atoms with van der Waals surface area (Å²) < 4.78 is 12.7. The first-order chi connectivity index (χ1) is 14.0. The summed E-state index contributed by atoms with van der Waals surface area (Å²) in [5.41, 5.74) is 5.23. The normalized spacial score (nSPS) is 11.1. The molecule has 0 fully saturated rings. The highest BCUT2D eigenvalue weighted by Gasteiger charge is 2.13. The maximum atomic E-state index is 6.24. The molecule has 5 heteroatoms. The first-order valence-corrected chi connectivity index (χ1v) is 10.6. The van der Waals surface area contributed by atoms with E-state index in [2.05, 4.69) is 46.9 Å². The van der Waals surface area contributed by atoms with Crippen molar-refractivity contribution in [3.05, 3.63) is 86.3 Å². The van der Waals surface area contributed by atoms with Crippen molar-refractivity contribution in [3.8, 4) is 11.5 Å². The molecule has 0 heterocycles. The van der Waals surface area contributed by atoms with Gasteiger partial charge in [0.25, 0.3) is 0 Å². The molecule has 0 N–H and O–H groups in total. The number of rotatable bonds is 7. The molecule has 150 valence electrons. The Morgan fingerprint density at radius 3 is 2.52 bits per heavy atom. The maximum absolute atomic E-state index is 6.24. The van der Waals surface area contributed by atoms with Crippen molar-refractivity contribution in [3.63, 3.8) is 0 Å². The Morgan fingerprint density at radius 2 is 1.79 bits per heavy atom. The van der Waals surface area contributed by atoms with Crippen molar-refractivity contribution in [1.29, 1.82) is 0 Å². The highest BCUT2D eigenvalue weighted by molar-refractivity contribution is 9.10. The molecule has 0 radical (unpaired) electrons. The molecule has 3 aromatic rings. The lowest BCUT2D eigenvalue weighted by molar-refractivity contribution is 0.267. The first kappa shape index (κ1) is 21.4. The van der Waals surface area contributed by atoms with Crippen molar-refractivity contribution >= 4 is 39.4 Å². The number of hydrogen-bond acceptors (Lipinski definition) is 3. The molecule has 0 bridgehead atoms. The molecule has 3 nitrogen and oxygen atoms in total. The molecule has 0 aromatic heterocycles. The molecule has 0 aliphatic rings. The van der Waals surface area contributed by atoms with Crippen molar-refractivity contribution < 1.29 is 9.47 Å². The maximum Gasteiger partial charge on any atom is 0.175 e. The topological polar surface area (TPSA) is 30.8 Å². The molecule has 0 saturated carbocycles. The van der Waals surface area contributed by atoms with Crippen LogP contribution in [-0.2, 0) is 6.61 Å². The van der Waals surface area contributed by atoms with E-state index < -0.39 is 0 Å². The lowest BCUT2D eigenvalue weighted by Gasteiger charge is -2.15. The summed E-state index contributed by atoms with van der Waals surface area (Å²) >= 11 is 9.84. The SMILES string of the molecule is CCOc1cc(C=Nc2ccc(C)c(C)c2)cc(Br)c1OCc1ccccc1Cl. The van der Waals surface area contributed by atoms with E-state index in [4.69, 9.17) is 21.1 Å². The lowest BCUT2D eigenvalue weighted by atomic mass is 10.1. The average Bonchev–Trinajstić information content (AvgIpc) is 2.70. The number of nitrogens with zero attached hydrogens (tertiary/aromatic N) is 1. The standard InChI is InChI=1S/C24H23BrClNO2/c1-4-28-23-13-18(14-27-20-10-9-16(2)17(3)11-20)12-21(25)24(23)29-15-19-7-5-6-8-22(19)26/h5-14H,4,15H2,1-3H3. The summed E-state index contributed by atoms with van der Waals surface area (Å²) in [7, 11) is 0. The van der Waals surface area contributed by atoms with Gasteiger partial charge in [-0.15, -0.1) is 0 Å². The van der Waals surface area contributed by atoms with Crippen LogP contribution < -0.4 is 9.47 Å². The zero-order chi connectivity index (χ0) is 20.8. The molecule has 0 saturated heterocycles. The van der Waals surface area contributed by atoms with Crippen LogP contribution in [0.4, 0.5) is 5.69 Å². The minimum Gasteiger partial charge on any atom is -0.490 e. The summed E-state index contributed by atoms with van der Waals surface area (Å²) in [4.78, 5) is 4.60. The van der Waals surface area contributed by atoms with Gasteiger partial charge in [0.15, 0.2) is 11.5 Å². The Bertz CT molecular complexity index is 1030. The van der Waals surface area contributed by atoms with Gasteiger partial charge in [-0.25, -0.2) is 0 Å². The molecule has 3 aromatic carbocycles. The third-order valence-corrected chi connectivity index (χ3v) is 5.47. The second-order valence-corrected chi connectivity index (χ2v) is 7.93. The molecule has 0 atom stereocenters. The zero-order valence-electron chi connectivity index (χ0n) is 16.7. The quantitative estimate of drug-likeness (QED) is 0.334. The fourth-order valence-corrected chi connectivity index (χ4v) is 3.55. The van der Waals surface area contributed by atoms with E-state index in [1.807, 2.05) is 55.6 Å². The number of aryl methyl sites for hydroxylation is 2. The highest BCUT2D eigenvalue weighted by atomic mass is 79.9. The van der Waals surface area contributed by atoms with Crippen LogP contribution in [-0.4, -0.2) is 12.8 Å². The van der Waals surface area contributed by atoms with Crippen molar-refractivity contribution in [2.75, 3.05) is 6.61 Å². The van der Waals surface area contributed by atoms with E-state index in [-0.39, 0.29) is 0 Å². The monoisotopic (exact) mass is 471 g/mol. The Kier molecular flexibility index (Phi) is 7.34. The third-order valence-electron chi connectivity index (χ3n) is 4.51. The fraction of sp³-hybridized carbons (Fsp3) is 0.208. The van der Waals surface area contributed by atoms with E-state index in [1.54, 1.807) is 0 Å². The van der Waals surface area contributed by atoms with Gasteiger partial charge >= 0.3 is 0 Å². The van der Waals surface area contributed by atoms with Crippen LogP contribution in [0.3, 0.4) is 0 Å². The predicted molar refractivity (Wildman–Crippen MR) is 124 cm³/mol. The van der Waals surface area contributed by atoms with E-state index in [0.29, 0.717) is 29.7 Å². The van der Waals surface area contributed by atoms with Gasteiger partial charge in [0, 0.05) is 16.8 Å². The zero-order valence-corrected chi connectivity index (χ0v) is 19.0. The van der Waals surface area contributed by atoms with E-state index >= 15 is 0 Å². The predicted octanol–water partition coefficient (Wildman–Crippen LogP) is 7.45. The summed E-state index contributed by atoms with van der Waals surface area (Å²) in [6.45, 7) is 7.02. The van der Waals surface area contributed by atoms with Crippen molar-refractivity contribution in [1.82, 2.24) is 0 Å². The minimum atomic E-state index is 0.356. The van der Waals surface area contributed by atoms with Gasteiger partial charge in [-0.05, 0) is 83.7 Å². The second-order valence-electron chi connectivity index (χ2n) is 6.67. The molecular formula is C24H23BrClNO2. The van der Waals surface area contributed by atoms with Gasteiger partial charge in [0.2, 0.25) is 0 Å². The van der Waals surface area contributed by atoms with E-state index in [9.17, 15) is 0 Å². The number of benzene rings is 3. The van der Waals surface area contributed by atoms with Gasteiger partial charge in [-0.3, -0.25) is 4.99 Å². The minimum absolute atomic E-state index is 0.356. The summed E-state index contributed by atoms with van der Waals surface area (Å²) in [5.74, 6) is 1.31. The molecule has 0 aliphatic heterocycles. The van der Waals surface area contributed by atoms with Crippen LogP contribution in [0.1, 0.15) is 29.2 Å². The summed E-state index contributed by atoms with van der Waals surface area (Å²) in [5, 5.41) is 0.679. The molecule has 3 rings (SSSR count). The summed E-state index contributed by atoms with van der Waals surface area (Å²) in [6.07, 6.45) is 1.83. The Balaban J connectivity index is 1.84. The molecule has 0 spiro atoms. The van der Waals surface area contributed by atoms with Crippen LogP contribution in [0.5, 0.6) is 11.5 Å². The smallest absolute Gasteiger partial charge is 0.175 e. The second kappa shape index (κ2) is 9.95. The van der Waals surface area contributed by atoms with Crippen LogP contribution in [0.25, 0.3) is 0 Å². The molecule has 0 unspecified atom stereocenters. The van der Waals surface area contributed by atoms with Gasteiger partial charge in [-0.1, -0.05) is 35.9 Å². The van der Waals surface area contributed by atoms with Crippen LogP contribution in [0.2, 0.25) is 5.02 Å². The molecule has 0 aliphatic carbocycles. The number of aliphatic imine (C=N–C) groups is 1. The van der Waals surface area contributed by atoms with Crippen LogP contribution in [0, 0.1) is 13.8 Å². The van der Waals surface area contributed by atoms with Crippen LogP contribution in [0.15, 0.2) is 64.1 Å². The van der Waals surface area contributed by atoms with Crippen molar-refractivity contribution in [2.45, 2.75) is 27.4 Å². The highest BCUT2D eigenvalue weighted by Crippen LogP contribution is 2.37.